The maximum Gasteiger partial charge on any atom is 0.335 e. The van der Waals surface area contributed by atoms with Crippen LogP contribution in [0, 0.1) is 0 Å². The van der Waals surface area contributed by atoms with E-state index >= 15 is 0 Å². The highest BCUT2D eigenvalue weighted by atomic mass is 16.5. The lowest BCUT2D eigenvalue weighted by molar-refractivity contribution is 0.0696. The van der Waals surface area contributed by atoms with E-state index in [9.17, 15) is 4.79 Å². The van der Waals surface area contributed by atoms with Crippen LogP contribution in [0.25, 0.3) is 0 Å². The Bertz CT molecular complexity index is 373. The van der Waals surface area contributed by atoms with Gasteiger partial charge in [-0.2, -0.15) is 0 Å². The number of aromatic carboxylic acids is 1. The normalized spacial score (nSPS) is 11.9. The molecule has 1 rings (SSSR count). The van der Waals surface area contributed by atoms with Crippen LogP contribution in [0.2, 0.25) is 0 Å². The molecule has 0 heterocycles. The molecule has 4 heteroatoms. The van der Waals surface area contributed by atoms with Gasteiger partial charge in [0.25, 0.3) is 0 Å². The summed E-state index contributed by atoms with van der Waals surface area (Å²) in [6.45, 7) is 3.97. The smallest absolute Gasteiger partial charge is 0.335 e. The van der Waals surface area contributed by atoms with E-state index in [2.05, 4.69) is 0 Å². The Hall–Kier alpha value is -1.71. The van der Waals surface area contributed by atoms with Gasteiger partial charge in [-0.1, -0.05) is 6.92 Å². The Kier molecular flexibility index (Phi) is 4.17. The maximum atomic E-state index is 10.8. The molecular weight excluding hydrogens is 208 g/mol. The Morgan fingerprint density at radius 3 is 2.62 bits per heavy atom. The lowest BCUT2D eigenvalue weighted by Crippen LogP contribution is -2.10. The van der Waals surface area contributed by atoms with Crippen molar-refractivity contribution in [1.82, 2.24) is 0 Å². The molecule has 1 N–H and O–H groups in total. The van der Waals surface area contributed by atoms with Crippen LogP contribution < -0.4 is 9.47 Å². The minimum absolute atomic E-state index is 0.0737. The molecule has 0 saturated carbocycles. The van der Waals surface area contributed by atoms with E-state index in [4.69, 9.17) is 14.6 Å². The molecular formula is C12H16O4. The van der Waals surface area contributed by atoms with Crippen molar-refractivity contribution in [2.24, 2.45) is 0 Å². The molecule has 0 amide bonds. The van der Waals surface area contributed by atoms with Crippen LogP contribution in [0.15, 0.2) is 18.2 Å². The number of benzene rings is 1. The standard InChI is InChI=1S/C12H16O4/c1-4-8(2)16-10-6-5-9(12(13)14)7-11(10)15-3/h5-8H,4H2,1-3H3,(H,13,14)/t8-/m1/s1. The molecule has 0 aliphatic heterocycles. The van der Waals surface area contributed by atoms with Gasteiger partial charge in [0, 0.05) is 0 Å². The highest BCUT2D eigenvalue weighted by Gasteiger charge is 2.11. The number of methoxy groups -OCH3 is 1. The molecule has 1 atom stereocenters. The van der Waals surface area contributed by atoms with Gasteiger partial charge in [-0.05, 0) is 31.5 Å². The Balaban J connectivity index is 2.97. The molecule has 0 unspecified atom stereocenters. The summed E-state index contributed by atoms with van der Waals surface area (Å²) < 4.78 is 10.7. The van der Waals surface area contributed by atoms with Crippen LogP contribution in [0.1, 0.15) is 30.6 Å². The van der Waals surface area contributed by atoms with Gasteiger partial charge < -0.3 is 14.6 Å². The van der Waals surface area contributed by atoms with Crippen LogP contribution in [-0.2, 0) is 0 Å². The first-order valence-corrected chi connectivity index (χ1v) is 5.16. The van der Waals surface area contributed by atoms with Crippen molar-refractivity contribution < 1.29 is 19.4 Å². The van der Waals surface area contributed by atoms with Gasteiger partial charge in [0.2, 0.25) is 0 Å². The number of hydrogen-bond donors (Lipinski definition) is 1. The summed E-state index contributed by atoms with van der Waals surface area (Å²) in [6.07, 6.45) is 0.952. The van der Waals surface area contributed by atoms with Crippen molar-refractivity contribution in [2.75, 3.05) is 7.11 Å². The second-order valence-corrected chi connectivity index (χ2v) is 3.51. The van der Waals surface area contributed by atoms with E-state index in [0.717, 1.165) is 6.42 Å². The number of carbonyl (C=O) groups is 1. The first-order valence-electron chi connectivity index (χ1n) is 5.16. The van der Waals surface area contributed by atoms with Crippen LogP contribution in [0.3, 0.4) is 0 Å². The van der Waals surface area contributed by atoms with Crippen molar-refractivity contribution >= 4 is 5.97 Å². The molecule has 1 aromatic carbocycles. The molecule has 88 valence electrons. The third-order valence-electron chi connectivity index (χ3n) is 2.31. The third-order valence-corrected chi connectivity index (χ3v) is 2.31. The lowest BCUT2D eigenvalue weighted by Gasteiger charge is -2.15. The fraction of sp³-hybridized carbons (Fsp3) is 0.417. The summed E-state index contributed by atoms with van der Waals surface area (Å²) in [6, 6.07) is 4.58. The van der Waals surface area contributed by atoms with Gasteiger partial charge in [-0.25, -0.2) is 4.79 Å². The van der Waals surface area contributed by atoms with Gasteiger partial charge in [0.15, 0.2) is 11.5 Å². The average Bonchev–Trinajstić information content (AvgIpc) is 2.29. The monoisotopic (exact) mass is 224 g/mol. The summed E-state index contributed by atoms with van der Waals surface area (Å²) in [5, 5.41) is 8.83. The quantitative estimate of drug-likeness (QED) is 0.835. The van der Waals surface area contributed by atoms with E-state index in [1.54, 1.807) is 6.07 Å². The second kappa shape index (κ2) is 5.39. The molecule has 0 spiro atoms. The van der Waals surface area contributed by atoms with Crippen molar-refractivity contribution in [3.8, 4) is 11.5 Å². The van der Waals surface area contributed by atoms with Gasteiger partial charge in [0.05, 0.1) is 18.8 Å². The molecule has 0 fully saturated rings. The van der Waals surface area contributed by atoms with Gasteiger partial charge in [-0.3, -0.25) is 0 Å². The van der Waals surface area contributed by atoms with Crippen molar-refractivity contribution in [3.05, 3.63) is 23.8 Å². The molecule has 0 aromatic heterocycles. The first kappa shape index (κ1) is 12.4. The van der Waals surface area contributed by atoms with Crippen LogP contribution >= 0.6 is 0 Å². The summed E-state index contributed by atoms with van der Waals surface area (Å²) in [5.74, 6) is 0.0374. The molecule has 4 nitrogen and oxygen atoms in total. The minimum Gasteiger partial charge on any atom is -0.493 e. The maximum absolute atomic E-state index is 10.8. The predicted molar refractivity (Wildman–Crippen MR) is 60.3 cm³/mol. The SMILES string of the molecule is CC[C@@H](C)Oc1ccc(C(=O)O)cc1OC. The molecule has 0 bridgehead atoms. The van der Waals surface area contributed by atoms with Gasteiger partial charge in [0.1, 0.15) is 0 Å². The van der Waals surface area contributed by atoms with Crippen LogP contribution in [-0.4, -0.2) is 24.3 Å². The highest BCUT2D eigenvalue weighted by molar-refractivity contribution is 5.88. The largest absolute Gasteiger partial charge is 0.493 e. The zero-order valence-electron chi connectivity index (χ0n) is 9.69. The molecule has 0 aliphatic carbocycles. The van der Waals surface area contributed by atoms with E-state index in [1.165, 1.54) is 19.2 Å². The van der Waals surface area contributed by atoms with E-state index in [-0.39, 0.29) is 11.7 Å². The summed E-state index contributed by atoms with van der Waals surface area (Å²) in [7, 11) is 1.49. The van der Waals surface area contributed by atoms with Gasteiger partial charge in [-0.15, -0.1) is 0 Å². The van der Waals surface area contributed by atoms with E-state index < -0.39 is 5.97 Å². The van der Waals surface area contributed by atoms with Crippen molar-refractivity contribution in [2.45, 2.75) is 26.4 Å². The Labute approximate surface area is 94.8 Å². The minimum atomic E-state index is -0.978. The van der Waals surface area contributed by atoms with E-state index in [1.807, 2.05) is 13.8 Å². The summed E-state index contributed by atoms with van der Waals surface area (Å²) >= 11 is 0. The van der Waals surface area contributed by atoms with Crippen LogP contribution in [0.4, 0.5) is 0 Å². The molecule has 0 radical (unpaired) electrons. The fourth-order valence-corrected chi connectivity index (χ4v) is 1.20. The predicted octanol–water partition coefficient (Wildman–Crippen LogP) is 2.57. The van der Waals surface area contributed by atoms with Gasteiger partial charge >= 0.3 is 5.97 Å². The van der Waals surface area contributed by atoms with Crippen molar-refractivity contribution in [1.29, 1.82) is 0 Å². The number of ether oxygens (including phenoxy) is 2. The van der Waals surface area contributed by atoms with Crippen molar-refractivity contribution in [3.63, 3.8) is 0 Å². The van der Waals surface area contributed by atoms with Crippen LogP contribution in [0.5, 0.6) is 11.5 Å². The fourth-order valence-electron chi connectivity index (χ4n) is 1.20. The number of rotatable bonds is 5. The Morgan fingerprint density at radius 1 is 1.44 bits per heavy atom. The number of carboxylic acids is 1. The number of hydrogen-bond acceptors (Lipinski definition) is 3. The Morgan fingerprint density at radius 2 is 2.12 bits per heavy atom. The highest BCUT2D eigenvalue weighted by Crippen LogP contribution is 2.29. The number of carboxylic acid groups (broad SMARTS) is 1. The molecule has 1 aromatic rings. The average molecular weight is 224 g/mol. The van der Waals surface area contributed by atoms with E-state index in [0.29, 0.717) is 11.5 Å². The lowest BCUT2D eigenvalue weighted by atomic mass is 10.2. The third kappa shape index (κ3) is 2.89. The summed E-state index contributed by atoms with van der Waals surface area (Å²) in [4.78, 5) is 10.8. The zero-order chi connectivity index (χ0) is 12.1. The molecule has 0 saturated heterocycles. The topological polar surface area (TPSA) is 55.8 Å². The second-order valence-electron chi connectivity index (χ2n) is 3.51. The zero-order valence-corrected chi connectivity index (χ0v) is 9.69. The molecule has 16 heavy (non-hydrogen) atoms. The first-order chi connectivity index (χ1) is 7.58. The summed E-state index contributed by atoms with van der Waals surface area (Å²) in [5.41, 5.74) is 0.188. The molecule has 0 aliphatic rings.